The van der Waals surface area contributed by atoms with Crippen molar-refractivity contribution in [2.45, 2.75) is 25.2 Å². The largest absolute Gasteiger partial charge is 0.315 e. The zero-order valence-electron chi connectivity index (χ0n) is 12.5. The second-order valence-corrected chi connectivity index (χ2v) is 6.67. The SMILES string of the molecule is CCCNCCNS(=O)(=O)c1cnc2c(c1)c(C)nn2C. The van der Waals surface area contributed by atoms with Gasteiger partial charge in [-0.3, -0.25) is 4.68 Å². The molecule has 0 bridgehead atoms. The third kappa shape index (κ3) is 3.58. The van der Waals surface area contributed by atoms with Gasteiger partial charge in [0.05, 0.1) is 5.69 Å². The first-order chi connectivity index (χ1) is 9.95. The molecule has 0 aliphatic heterocycles. The van der Waals surface area contributed by atoms with Crippen LogP contribution >= 0.6 is 0 Å². The summed E-state index contributed by atoms with van der Waals surface area (Å²) in [5.41, 5.74) is 1.44. The van der Waals surface area contributed by atoms with Crippen LogP contribution in [0.4, 0.5) is 0 Å². The maximum Gasteiger partial charge on any atom is 0.242 e. The van der Waals surface area contributed by atoms with E-state index in [0.717, 1.165) is 24.0 Å². The third-order valence-corrected chi connectivity index (χ3v) is 4.60. The number of aryl methyl sites for hydroxylation is 2. The zero-order chi connectivity index (χ0) is 15.5. The fraction of sp³-hybridized carbons (Fsp3) is 0.538. The number of hydrogen-bond donors (Lipinski definition) is 2. The minimum Gasteiger partial charge on any atom is -0.315 e. The lowest BCUT2D eigenvalue weighted by Crippen LogP contribution is -2.32. The topological polar surface area (TPSA) is 88.9 Å². The van der Waals surface area contributed by atoms with Gasteiger partial charge in [0.1, 0.15) is 4.90 Å². The number of rotatable bonds is 7. The van der Waals surface area contributed by atoms with Gasteiger partial charge in [-0.2, -0.15) is 5.10 Å². The Hall–Kier alpha value is -1.51. The number of sulfonamides is 1. The van der Waals surface area contributed by atoms with Crippen molar-refractivity contribution >= 4 is 21.1 Å². The Morgan fingerprint density at radius 3 is 2.76 bits per heavy atom. The van der Waals surface area contributed by atoms with E-state index in [9.17, 15) is 8.42 Å². The fourth-order valence-corrected chi connectivity index (χ4v) is 3.10. The van der Waals surface area contributed by atoms with Crippen molar-refractivity contribution in [3.63, 3.8) is 0 Å². The first-order valence-corrected chi connectivity index (χ1v) is 8.43. The van der Waals surface area contributed by atoms with Crippen LogP contribution in [0.3, 0.4) is 0 Å². The highest BCUT2D eigenvalue weighted by Crippen LogP contribution is 2.18. The van der Waals surface area contributed by atoms with Crippen LogP contribution in [0.15, 0.2) is 17.2 Å². The summed E-state index contributed by atoms with van der Waals surface area (Å²) in [5.74, 6) is 0. The third-order valence-electron chi connectivity index (χ3n) is 3.17. The van der Waals surface area contributed by atoms with Gasteiger partial charge in [-0.1, -0.05) is 6.92 Å². The summed E-state index contributed by atoms with van der Waals surface area (Å²) in [4.78, 5) is 4.36. The predicted molar refractivity (Wildman–Crippen MR) is 81.6 cm³/mol. The second kappa shape index (κ2) is 6.50. The Morgan fingerprint density at radius 2 is 2.05 bits per heavy atom. The van der Waals surface area contributed by atoms with E-state index in [4.69, 9.17) is 0 Å². The van der Waals surface area contributed by atoms with Gasteiger partial charge in [-0.05, 0) is 26.0 Å². The molecular weight excluding hydrogens is 290 g/mol. The zero-order valence-corrected chi connectivity index (χ0v) is 13.4. The summed E-state index contributed by atoms with van der Waals surface area (Å²) >= 11 is 0. The van der Waals surface area contributed by atoms with Gasteiger partial charge in [-0.25, -0.2) is 18.1 Å². The first kappa shape index (κ1) is 15.9. The summed E-state index contributed by atoms with van der Waals surface area (Å²) < 4.78 is 28.7. The molecule has 0 saturated carbocycles. The quantitative estimate of drug-likeness (QED) is 0.729. The van der Waals surface area contributed by atoms with Crippen LogP contribution in [0.2, 0.25) is 0 Å². The van der Waals surface area contributed by atoms with E-state index >= 15 is 0 Å². The minimum atomic E-state index is -3.54. The lowest BCUT2D eigenvalue weighted by molar-refractivity contribution is 0.575. The molecule has 0 aliphatic carbocycles. The summed E-state index contributed by atoms with van der Waals surface area (Å²) in [7, 11) is -1.75. The smallest absolute Gasteiger partial charge is 0.242 e. The van der Waals surface area contributed by atoms with Gasteiger partial charge in [-0.15, -0.1) is 0 Å². The van der Waals surface area contributed by atoms with Crippen LogP contribution in [0.5, 0.6) is 0 Å². The highest BCUT2D eigenvalue weighted by molar-refractivity contribution is 7.89. The van der Waals surface area contributed by atoms with E-state index in [2.05, 4.69) is 27.0 Å². The Morgan fingerprint density at radius 1 is 1.29 bits per heavy atom. The number of nitrogens with one attached hydrogen (secondary N) is 2. The van der Waals surface area contributed by atoms with E-state index in [0.29, 0.717) is 18.7 Å². The maximum absolute atomic E-state index is 12.2. The minimum absolute atomic E-state index is 0.168. The molecule has 2 aromatic rings. The molecule has 8 heteroatoms. The molecule has 2 aromatic heterocycles. The molecule has 0 aromatic carbocycles. The van der Waals surface area contributed by atoms with Gasteiger partial charge < -0.3 is 5.32 Å². The molecule has 0 fully saturated rings. The summed E-state index contributed by atoms with van der Waals surface area (Å²) in [5, 5.41) is 8.14. The molecule has 2 N–H and O–H groups in total. The Bertz CT molecular complexity index is 723. The molecule has 0 saturated heterocycles. The maximum atomic E-state index is 12.2. The number of fused-ring (bicyclic) bond motifs is 1. The summed E-state index contributed by atoms with van der Waals surface area (Å²) in [6.45, 7) is 5.74. The van der Waals surface area contributed by atoms with Crippen molar-refractivity contribution < 1.29 is 8.42 Å². The van der Waals surface area contributed by atoms with E-state index < -0.39 is 10.0 Å². The Labute approximate surface area is 124 Å². The molecule has 0 aliphatic rings. The molecule has 0 unspecified atom stereocenters. The van der Waals surface area contributed by atoms with Gasteiger partial charge in [0.15, 0.2) is 5.65 Å². The predicted octanol–water partition coefficient (Wildman–Crippen LogP) is 0.555. The van der Waals surface area contributed by atoms with E-state index in [1.807, 2.05) is 6.92 Å². The van der Waals surface area contributed by atoms with Crippen molar-refractivity contribution in [1.82, 2.24) is 24.8 Å². The molecule has 116 valence electrons. The van der Waals surface area contributed by atoms with Crippen LogP contribution in [0.25, 0.3) is 11.0 Å². The van der Waals surface area contributed by atoms with Gasteiger partial charge >= 0.3 is 0 Å². The van der Waals surface area contributed by atoms with Gasteiger partial charge in [0.25, 0.3) is 0 Å². The van der Waals surface area contributed by atoms with E-state index in [-0.39, 0.29) is 4.90 Å². The summed E-state index contributed by atoms with van der Waals surface area (Å²) in [6.07, 6.45) is 2.39. The van der Waals surface area contributed by atoms with Crippen LogP contribution in [-0.2, 0) is 17.1 Å². The molecule has 2 rings (SSSR count). The number of hydrogen-bond acceptors (Lipinski definition) is 5. The van der Waals surface area contributed by atoms with Crippen molar-refractivity contribution in [3.05, 3.63) is 18.0 Å². The molecule has 21 heavy (non-hydrogen) atoms. The van der Waals surface area contributed by atoms with Gasteiger partial charge in [0, 0.05) is 31.7 Å². The van der Waals surface area contributed by atoms with E-state index in [1.165, 1.54) is 6.20 Å². The molecule has 2 heterocycles. The van der Waals surface area contributed by atoms with Gasteiger partial charge in [0.2, 0.25) is 10.0 Å². The Kier molecular flexibility index (Phi) is 4.92. The molecule has 0 radical (unpaired) electrons. The number of aromatic nitrogens is 3. The molecule has 0 spiro atoms. The van der Waals surface area contributed by atoms with Crippen LogP contribution < -0.4 is 10.0 Å². The molecule has 0 amide bonds. The molecule has 0 atom stereocenters. The monoisotopic (exact) mass is 311 g/mol. The van der Waals surface area contributed by atoms with Crippen LogP contribution in [0, 0.1) is 6.92 Å². The van der Waals surface area contributed by atoms with Crippen molar-refractivity contribution in [2.75, 3.05) is 19.6 Å². The highest BCUT2D eigenvalue weighted by Gasteiger charge is 2.16. The lowest BCUT2D eigenvalue weighted by Gasteiger charge is -2.07. The van der Waals surface area contributed by atoms with E-state index in [1.54, 1.807) is 17.8 Å². The number of pyridine rings is 1. The first-order valence-electron chi connectivity index (χ1n) is 6.95. The van der Waals surface area contributed by atoms with Crippen molar-refractivity contribution in [2.24, 2.45) is 7.05 Å². The average molecular weight is 311 g/mol. The molecule has 7 nitrogen and oxygen atoms in total. The second-order valence-electron chi connectivity index (χ2n) is 4.90. The molecular formula is C13H21N5O2S. The summed E-state index contributed by atoms with van der Waals surface area (Å²) in [6, 6.07) is 1.62. The van der Waals surface area contributed by atoms with Crippen LogP contribution in [0.1, 0.15) is 19.0 Å². The normalized spacial score (nSPS) is 12.1. The lowest BCUT2D eigenvalue weighted by atomic mass is 10.3. The Balaban J connectivity index is 2.14. The van der Waals surface area contributed by atoms with Crippen molar-refractivity contribution in [1.29, 1.82) is 0 Å². The number of nitrogens with zero attached hydrogens (tertiary/aromatic N) is 3. The fourth-order valence-electron chi connectivity index (χ4n) is 2.09. The highest BCUT2D eigenvalue weighted by atomic mass is 32.2. The average Bonchev–Trinajstić information content (AvgIpc) is 2.73. The standard InChI is InChI=1S/C13H21N5O2S/c1-4-5-14-6-7-16-21(19,20)11-8-12-10(2)17-18(3)13(12)15-9-11/h8-9,14,16H,4-7H2,1-3H3. The van der Waals surface area contributed by atoms with Crippen molar-refractivity contribution in [3.8, 4) is 0 Å². The van der Waals surface area contributed by atoms with Crippen LogP contribution in [-0.4, -0.2) is 42.8 Å².